The van der Waals surface area contributed by atoms with Crippen LogP contribution in [0, 0.1) is 0 Å². The molecule has 1 fully saturated rings. The Morgan fingerprint density at radius 2 is 1.81 bits per heavy atom. The van der Waals surface area contributed by atoms with E-state index in [4.69, 9.17) is 11.6 Å². The quantitative estimate of drug-likeness (QED) is 0.718. The zero-order valence-electron chi connectivity index (χ0n) is 13.9. The van der Waals surface area contributed by atoms with Crippen LogP contribution in [0.25, 0.3) is 22.2 Å². The van der Waals surface area contributed by atoms with Crippen LogP contribution in [0.2, 0.25) is 5.02 Å². The molecule has 26 heavy (non-hydrogen) atoms. The number of piperidine rings is 1. The molecule has 0 atom stereocenters. The summed E-state index contributed by atoms with van der Waals surface area (Å²) in [6.07, 6.45) is 0.389. The molecule has 1 aliphatic rings. The minimum absolute atomic E-state index is 0.0442. The molecule has 2 N–H and O–H groups in total. The number of aliphatic hydroxyl groups is 1. The molecule has 0 spiro atoms. The van der Waals surface area contributed by atoms with Gasteiger partial charge in [0.15, 0.2) is 0 Å². The Bertz CT molecular complexity index is 1040. The van der Waals surface area contributed by atoms with Gasteiger partial charge in [0.25, 0.3) is 0 Å². The highest BCUT2D eigenvalue weighted by atomic mass is 35.5. The average Bonchev–Trinajstić information content (AvgIpc) is 3.06. The lowest BCUT2D eigenvalue weighted by atomic mass is 10.1. The lowest BCUT2D eigenvalue weighted by Crippen LogP contribution is -2.40. The molecule has 8 heteroatoms. The first-order chi connectivity index (χ1) is 12.5. The number of aliphatic hydroxyl groups excluding tert-OH is 1. The molecule has 0 unspecified atom stereocenters. The third-order valence-electron chi connectivity index (χ3n) is 4.71. The Morgan fingerprint density at radius 3 is 2.50 bits per heavy atom. The van der Waals surface area contributed by atoms with Crippen LogP contribution in [0.4, 0.5) is 0 Å². The number of hydrogen-bond donors (Lipinski definition) is 2. The molecule has 1 aromatic heterocycles. The van der Waals surface area contributed by atoms with E-state index in [1.54, 1.807) is 12.1 Å². The summed E-state index contributed by atoms with van der Waals surface area (Å²) in [5.41, 5.74) is 1.98. The molecule has 0 aliphatic carbocycles. The topological polar surface area (TPSA) is 86.3 Å². The van der Waals surface area contributed by atoms with E-state index in [1.165, 1.54) is 4.31 Å². The van der Waals surface area contributed by atoms with E-state index in [-0.39, 0.29) is 23.0 Å². The lowest BCUT2D eigenvalue weighted by Gasteiger charge is -2.29. The van der Waals surface area contributed by atoms with Crippen molar-refractivity contribution in [2.45, 2.75) is 23.8 Å². The van der Waals surface area contributed by atoms with Crippen LogP contribution in [-0.2, 0) is 10.0 Å². The van der Waals surface area contributed by atoms with Gasteiger partial charge >= 0.3 is 0 Å². The van der Waals surface area contributed by atoms with Gasteiger partial charge in [-0.15, -0.1) is 0 Å². The van der Waals surface area contributed by atoms with Crippen LogP contribution < -0.4 is 0 Å². The van der Waals surface area contributed by atoms with Gasteiger partial charge in [-0.05, 0) is 25.0 Å². The molecule has 0 saturated carbocycles. The molecule has 2 aromatic carbocycles. The van der Waals surface area contributed by atoms with Crippen molar-refractivity contribution in [3.8, 4) is 11.3 Å². The summed E-state index contributed by atoms with van der Waals surface area (Å²) in [5.74, 6) is 0. The third-order valence-corrected chi connectivity index (χ3v) is 7.12. The van der Waals surface area contributed by atoms with Crippen LogP contribution in [-0.4, -0.2) is 47.2 Å². The Kier molecular flexibility index (Phi) is 4.48. The fourth-order valence-electron chi connectivity index (χ4n) is 3.32. The van der Waals surface area contributed by atoms with Gasteiger partial charge in [0.05, 0.1) is 22.3 Å². The Hall–Kier alpha value is -1.93. The number of nitrogens with one attached hydrogen (secondary N) is 1. The molecular formula is C18H18ClN3O3S. The Morgan fingerprint density at radius 1 is 1.12 bits per heavy atom. The van der Waals surface area contributed by atoms with E-state index in [1.807, 2.05) is 30.3 Å². The molecule has 0 radical (unpaired) electrons. The minimum Gasteiger partial charge on any atom is -0.393 e. The highest BCUT2D eigenvalue weighted by Gasteiger charge is 2.32. The summed E-state index contributed by atoms with van der Waals surface area (Å²) in [5, 5.41) is 17.7. The Labute approximate surface area is 156 Å². The number of H-pyrrole nitrogens is 1. The van der Waals surface area contributed by atoms with E-state index in [9.17, 15) is 13.5 Å². The predicted molar refractivity (Wildman–Crippen MR) is 101 cm³/mol. The number of benzene rings is 2. The number of hydrogen-bond acceptors (Lipinski definition) is 4. The Balaban J connectivity index is 1.85. The van der Waals surface area contributed by atoms with Gasteiger partial charge in [0.1, 0.15) is 4.90 Å². The third kappa shape index (κ3) is 2.91. The summed E-state index contributed by atoms with van der Waals surface area (Å²) in [4.78, 5) is 0.0442. The van der Waals surface area contributed by atoms with Gasteiger partial charge in [-0.25, -0.2) is 8.42 Å². The number of aromatic nitrogens is 2. The molecule has 3 aromatic rings. The van der Waals surface area contributed by atoms with Gasteiger partial charge < -0.3 is 5.11 Å². The van der Waals surface area contributed by atoms with E-state index in [2.05, 4.69) is 10.2 Å². The van der Waals surface area contributed by atoms with Crippen molar-refractivity contribution in [3.05, 3.63) is 47.5 Å². The molecule has 0 amide bonds. The molecule has 1 saturated heterocycles. The first kappa shape index (κ1) is 17.5. The number of fused-ring (bicyclic) bond motifs is 1. The van der Waals surface area contributed by atoms with Crippen LogP contribution >= 0.6 is 11.6 Å². The summed E-state index contributed by atoms with van der Waals surface area (Å²) in [6.45, 7) is 0.547. The minimum atomic E-state index is -3.79. The van der Waals surface area contributed by atoms with Crippen molar-refractivity contribution in [2.24, 2.45) is 0 Å². The first-order valence-electron chi connectivity index (χ1n) is 8.38. The SMILES string of the molecule is O=S(=O)(c1c(Cl)ccc2c(-c3ccccc3)n[nH]c12)N1CCC(O)CC1. The molecule has 2 heterocycles. The van der Waals surface area contributed by atoms with Crippen molar-refractivity contribution < 1.29 is 13.5 Å². The lowest BCUT2D eigenvalue weighted by molar-refractivity contribution is 0.113. The van der Waals surface area contributed by atoms with E-state index >= 15 is 0 Å². The fraction of sp³-hybridized carbons (Fsp3) is 0.278. The van der Waals surface area contributed by atoms with E-state index in [0.717, 1.165) is 5.56 Å². The van der Waals surface area contributed by atoms with E-state index < -0.39 is 16.1 Å². The molecule has 1 aliphatic heterocycles. The van der Waals surface area contributed by atoms with E-state index in [0.29, 0.717) is 29.4 Å². The number of halogens is 1. The second kappa shape index (κ2) is 6.66. The van der Waals surface area contributed by atoms with Crippen molar-refractivity contribution in [1.82, 2.24) is 14.5 Å². The van der Waals surface area contributed by atoms with Gasteiger partial charge in [0, 0.05) is 24.0 Å². The first-order valence-corrected chi connectivity index (χ1v) is 10.2. The number of rotatable bonds is 3. The molecule has 6 nitrogen and oxygen atoms in total. The monoisotopic (exact) mass is 391 g/mol. The summed E-state index contributed by atoms with van der Waals surface area (Å²) >= 11 is 6.29. The van der Waals surface area contributed by atoms with Gasteiger partial charge in [-0.1, -0.05) is 41.9 Å². The maximum absolute atomic E-state index is 13.2. The second-order valence-electron chi connectivity index (χ2n) is 6.37. The van der Waals surface area contributed by atoms with Crippen LogP contribution in [0.3, 0.4) is 0 Å². The zero-order valence-corrected chi connectivity index (χ0v) is 15.5. The average molecular weight is 392 g/mol. The zero-order chi connectivity index (χ0) is 18.3. The van der Waals surface area contributed by atoms with Crippen molar-refractivity contribution >= 4 is 32.5 Å². The number of nitrogens with zero attached hydrogens (tertiary/aromatic N) is 2. The van der Waals surface area contributed by atoms with Crippen LogP contribution in [0.1, 0.15) is 12.8 Å². The van der Waals surface area contributed by atoms with Gasteiger partial charge in [0.2, 0.25) is 10.0 Å². The standard InChI is InChI=1S/C18H18ClN3O3S/c19-15-7-6-14-16(12-4-2-1-3-5-12)20-21-17(14)18(15)26(24,25)22-10-8-13(23)9-11-22/h1-7,13,23H,8-11H2,(H,20,21). The van der Waals surface area contributed by atoms with Crippen LogP contribution in [0.15, 0.2) is 47.4 Å². The summed E-state index contributed by atoms with van der Waals surface area (Å²) < 4.78 is 27.8. The molecule has 136 valence electrons. The molecule has 0 bridgehead atoms. The highest BCUT2D eigenvalue weighted by molar-refractivity contribution is 7.89. The molecular weight excluding hydrogens is 374 g/mol. The van der Waals surface area contributed by atoms with Gasteiger partial charge in [-0.3, -0.25) is 5.10 Å². The smallest absolute Gasteiger partial charge is 0.246 e. The number of sulfonamides is 1. The van der Waals surface area contributed by atoms with Crippen LogP contribution in [0.5, 0.6) is 0 Å². The molecule has 4 rings (SSSR count). The van der Waals surface area contributed by atoms with Crippen molar-refractivity contribution in [2.75, 3.05) is 13.1 Å². The summed E-state index contributed by atoms with van der Waals surface area (Å²) in [7, 11) is -3.79. The normalized spacial score (nSPS) is 17.0. The maximum atomic E-state index is 13.2. The van der Waals surface area contributed by atoms with Crippen molar-refractivity contribution in [1.29, 1.82) is 0 Å². The van der Waals surface area contributed by atoms with Gasteiger partial charge in [-0.2, -0.15) is 9.40 Å². The fourth-order valence-corrected chi connectivity index (χ4v) is 5.45. The maximum Gasteiger partial charge on any atom is 0.246 e. The number of aromatic amines is 1. The predicted octanol–water partition coefficient (Wildman–Crippen LogP) is 3.03. The van der Waals surface area contributed by atoms with Crippen molar-refractivity contribution in [3.63, 3.8) is 0 Å². The summed E-state index contributed by atoms with van der Waals surface area (Å²) in [6, 6.07) is 12.9. The second-order valence-corrected chi connectivity index (χ2v) is 8.65. The largest absolute Gasteiger partial charge is 0.393 e. The highest BCUT2D eigenvalue weighted by Crippen LogP contribution is 2.36.